The van der Waals surface area contributed by atoms with Crippen LogP contribution in [0.3, 0.4) is 0 Å². The van der Waals surface area contributed by atoms with E-state index in [4.69, 9.17) is 0 Å². The van der Waals surface area contributed by atoms with Gasteiger partial charge in [-0.1, -0.05) is 18.6 Å². The lowest BCUT2D eigenvalue weighted by Gasteiger charge is -2.26. The van der Waals surface area contributed by atoms with Crippen molar-refractivity contribution in [3.05, 3.63) is 52.8 Å². The van der Waals surface area contributed by atoms with E-state index < -0.39 is 6.10 Å². The second-order valence-electron chi connectivity index (χ2n) is 8.07. The lowest BCUT2D eigenvalue weighted by molar-refractivity contribution is 0.0745. The third kappa shape index (κ3) is 4.28. The van der Waals surface area contributed by atoms with Crippen LogP contribution in [0.25, 0.3) is 0 Å². The van der Waals surface area contributed by atoms with Gasteiger partial charge in [0, 0.05) is 25.2 Å². The fourth-order valence-corrected chi connectivity index (χ4v) is 4.17. The quantitative estimate of drug-likeness (QED) is 0.883. The van der Waals surface area contributed by atoms with Crippen LogP contribution < -0.4 is 0 Å². The number of nitrogens with zero attached hydrogens (tertiary/aromatic N) is 4. The van der Waals surface area contributed by atoms with Crippen molar-refractivity contribution >= 4 is 5.91 Å². The molecule has 1 unspecified atom stereocenters. The van der Waals surface area contributed by atoms with E-state index in [0.717, 1.165) is 37.3 Å². The maximum Gasteiger partial charge on any atom is 0.254 e. The van der Waals surface area contributed by atoms with Crippen LogP contribution in [0, 0.1) is 0 Å². The first kappa shape index (κ1) is 19.2. The Bertz CT molecular complexity index is 806. The predicted octanol–water partition coefficient (Wildman–Crippen LogP) is 2.97. The van der Waals surface area contributed by atoms with Gasteiger partial charge in [-0.05, 0) is 63.0 Å². The normalized spacial score (nSPS) is 19.1. The number of benzene rings is 1. The number of aliphatic hydroxyl groups excluding tert-OH is 1. The summed E-state index contributed by atoms with van der Waals surface area (Å²) < 4.78 is 1.93. The molecular formula is C22H30N4O2. The molecule has 6 heteroatoms. The Morgan fingerprint density at radius 1 is 1.07 bits per heavy atom. The monoisotopic (exact) mass is 382 g/mol. The molecule has 1 amide bonds. The number of piperidine rings is 1. The number of aromatic nitrogens is 2. The van der Waals surface area contributed by atoms with Crippen molar-refractivity contribution in [1.29, 1.82) is 0 Å². The number of aryl methyl sites for hydroxylation is 1. The Kier molecular flexibility index (Phi) is 5.78. The summed E-state index contributed by atoms with van der Waals surface area (Å²) >= 11 is 0. The van der Waals surface area contributed by atoms with Gasteiger partial charge in [0.1, 0.15) is 0 Å². The van der Waals surface area contributed by atoms with Crippen molar-refractivity contribution in [2.24, 2.45) is 0 Å². The van der Waals surface area contributed by atoms with Crippen LogP contribution in [0.5, 0.6) is 0 Å². The molecule has 3 heterocycles. The van der Waals surface area contributed by atoms with Crippen LogP contribution >= 0.6 is 0 Å². The van der Waals surface area contributed by atoms with Crippen molar-refractivity contribution in [2.75, 3.05) is 19.6 Å². The van der Waals surface area contributed by atoms with Crippen LogP contribution in [-0.2, 0) is 19.6 Å². The fourth-order valence-electron chi connectivity index (χ4n) is 4.17. The first-order valence-corrected chi connectivity index (χ1v) is 10.5. The lowest BCUT2D eigenvalue weighted by Crippen LogP contribution is -2.31. The molecule has 1 fully saturated rings. The average molecular weight is 383 g/mol. The minimum absolute atomic E-state index is 0.0674. The highest BCUT2D eigenvalue weighted by Crippen LogP contribution is 2.20. The van der Waals surface area contributed by atoms with Crippen LogP contribution in [0.15, 0.2) is 30.3 Å². The highest BCUT2D eigenvalue weighted by Gasteiger charge is 2.22. The molecule has 1 saturated heterocycles. The van der Waals surface area contributed by atoms with Crippen LogP contribution in [0.4, 0.5) is 0 Å². The van der Waals surface area contributed by atoms with Crippen LogP contribution in [0.2, 0.25) is 0 Å². The van der Waals surface area contributed by atoms with Crippen molar-refractivity contribution in [3.8, 4) is 0 Å². The van der Waals surface area contributed by atoms with Gasteiger partial charge in [-0.3, -0.25) is 14.4 Å². The van der Waals surface area contributed by atoms with Crippen molar-refractivity contribution in [2.45, 2.75) is 58.3 Å². The van der Waals surface area contributed by atoms with E-state index in [2.05, 4.69) is 22.1 Å². The van der Waals surface area contributed by atoms with Gasteiger partial charge in [-0.2, -0.15) is 5.10 Å². The zero-order valence-electron chi connectivity index (χ0n) is 16.7. The third-order valence-electron chi connectivity index (χ3n) is 5.80. The van der Waals surface area contributed by atoms with E-state index >= 15 is 0 Å². The Labute approximate surface area is 166 Å². The summed E-state index contributed by atoms with van der Waals surface area (Å²) in [4.78, 5) is 17.4. The fraction of sp³-hybridized carbons (Fsp3) is 0.545. The number of rotatable bonds is 4. The van der Waals surface area contributed by atoms with Gasteiger partial charge in [-0.15, -0.1) is 0 Å². The number of carbonyl (C=O) groups is 1. The van der Waals surface area contributed by atoms with Gasteiger partial charge in [0.05, 0.1) is 24.0 Å². The standard InChI is InChI=1S/C22H30N4O2/c1-17(27)21-14-20-16-25(12-5-13-26(20)23-21)22(28)19-8-6-18(7-9-19)15-24-10-3-2-4-11-24/h6-9,14,17,27H,2-5,10-13,15-16H2,1H3. The third-order valence-corrected chi connectivity index (χ3v) is 5.80. The molecule has 0 saturated carbocycles. The summed E-state index contributed by atoms with van der Waals surface area (Å²) in [6, 6.07) is 10.0. The molecule has 0 spiro atoms. The molecule has 1 atom stereocenters. The first-order valence-electron chi connectivity index (χ1n) is 10.5. The lowest BCUT2D eigenvalue weighted by atomic mass is 10.1. The van der Waals surface area contributed by atoms with E-state index in [1.54, 1.807) is 6.92 Å². The van der Waals surface area contributed by atoms with Gasteiger partial charge in [0.15, 0.2) is 0 Å². The summed E-state index contributed by atoms with van der Waals surface area (Å²) in [6.07, 6.45) is 4.21. The molecule has 1 N–H and O–H groups in total. The zero-order chi connectivity index (χ0) is 19.5. The maximum atomic E-state index is 13.0. The van der Waals surface area contributed by atoms with Gasteiger partial charge in [0.25, 0.3) is 5.91 Å². The minimum atomic E-state index is -0.587. The minimum Gasteiger partial charge on any atom is -0.387 e. The number of hydrogen-bond acceptors (Lipinski definition) is 4. The van der Waals surface area contributed by atoms with E-state index in [-0.39, 0.29) is 5.91 Å². The Hall–Kier alpha value is -2.18. The van der Waals surface area contributed by atoms with E-state index in [9.17, 15) is 9.90 Å². The highest BCUT2D eigenvalue weighted by atomic mass is 16.3. The van der Waals surface area contributed by atoms with Crippen molar-refractivity contribution in [1.82, 2.24) is 19.6 Å². The zero-order valence-corrected chi connectivity index (χ0v) is 16.7. The topological polar surface area (TPSA) is 61.6 Å². The Morgan fingerprint density at radius 3 is 2.54 bits per heavy atom. The number of hydrogen-bond donors (Lipinski definition) is 1. The summed E-state index contributed by atoms with van der Waals surface area (Å²) in [5, 5.41) is 14.2. The molecule has 2 aromatic rings. The maximum absolute atomic E-state index is 13.0. The molecule has 0 radical (unpaired) electrons. The largest absolute Gasteiger partial charge is 0.387 e. The predicted molar refractivity (Wildman–Crippen MR) is 108 cm³/mol. The van der Waals surface area contributed by atoms with E-state index in [0.29, 0.717) is 12.2 Å². The van der Waals surface area contributed by atoms with E-state index in [1.165, 1.54) is 37.9 Å². The second-order valence-corrected chi connectivity index (χ2v) is 8.07. The number of likely N-dealkylation sites (tertiary alicyclic amines) is 1. The Morgan fingerprint density at radius 2 is 1.82 bits per heavy atom. The van der Waals surface area contributed by atoms with Gasteiger partial charge in [-0.25, -0.2) is 0 Å². The molecule has 0 bridgehead atoms. The highest BCUT2D eigenvalue weighted by molar-refractivity contribution is 5.94. The molecule has 150 valence electrons. The number of amides is 1. The summed E-state index contributed by atoms with van der Waals surface area (Å²) in [5.41, 5.74) is 3.68. The molecule has 2 aliphatic heterocycles. The summed E-state index contributed by atoms with van der Waals surface area (Å²) in [5.74, 6) is 0.0674. The summed E-state index contributed by atoms with van der Waals surface area (Å²) in [7, 11) is 0. The van der Waals surface area contributed by atoms with Crippen molar-refractivity contribution < 1.29 is 9.90 Å². The summed E-state index contributed by atoms with van der Waals surface area (Å²) in [6.45, 7) is 7.08. The molecular weight excluding hydrogens is 352 g/mol. The Balaban J connectivity index is 1.43. The molecule has 2 aliphatic rings. The molecule has 0 aliphatic carbocycles. The van der Waals surface area contributed by atoms with E-state index in [1.807, 2.05) is 27.8 Å². The smallest absolute Gasteiger partial charge is 0.254 e. The molecule has 28 heavy (non-hydrogen) atoms. The SMILES string of the molecule is CC(O)c1cc2n(n1)CCCN(C(=O)c1ccc(CN3CCCCC3)cc1)C2. The molecule has 4 rings (SSSR count). The van der Waals surface area contributed by atoms with Crippen LogP contribution in [0.1, 0.15) is 66.0 Å². The molecule has 1 aromatic heterocycles. The number of aliphatic hydroxyl groups is 1. The number of fused-ring (bicyclic) bond motifs is 1. The molecule has 6 nitrogen and oxygen atoms in total. The van der Waals surface area contributed by atoms with Crippen molar-refractivity contribution in [3.63, 3.8) is 0 Å². The van der Waals surface area contributed by atoms with Gasteiger partial charge < -0.3 is 10.0 Å². The van der Waals surface area contributed by atoms with Gasteiger partial charge >= 0.3 is 0 Å². The van der Waals surface area contributed by atoms with Crippen LogP contribution in [-0.4, -0.2) is 50.2 Å². The first-order chi connectivity index (χ1) is 13.6. The number of carbonyl (C=O) groups excluding carboxylic acids is 1. The molecule has 1 aromatic carbocycles. The average Bonchev–Trinajstić information content (AvgIpc) is 3.01. The van der Waals surface area contributed by atoms with Gasteiger partial charge in [0.2, 0.25) is 0 Å². The second kappa shape index (κ2) is 8.45.